The number of nitrogens with zero attached hydrogens (tertiary/aromatic N) is 1. The van der Waals surface area contributed by atoms with E-state index in [0.29, 0.717) is 5.57 Å². The molecule has 5 nitrogen and oxygen atoms in total. The Labute approximate surface area is 201 Å². The first-order valence-corrected chi connectivity index (χ1v) is 12.7. The first-order valence-electron chi connectivity index (χ1n) is 11.3. The molecule has 0 spiro atoms. The van der Waals surface area contributed by atoms with E-state index in [2.05, 4.69) is 6.58 Å². The Kier molecular flexibility index (Phi) is 6.73. The molecule has 6 heteroatoms. The van der Waals surface area contributed by atoms with Crippen LogP contribution in [0.1, 0.15) is 30.0 Å². The van der Waals surface area contributed by atoms with Crippen LogP contribution < -0.4 is 0 Å². The molecule has 1 saturated heterocycles. The zero-order valence-corrected chi connectivity index (χ0v) is 20.3. The minimum absolute atomic E-state index is 0.0569. The van der Waals surface area contributed by atoms with Crippen LogP contribution in [0.25, 0.3) is 0 Å². The van der Waals surface area contributed by atoms with Crippen molar-refractivity contribution in [2.24, 2.45) is 0 Å². The van der Waals surface area contributed by atoms with Crippen LogP contribution in [0.5, 0.6) is 0 Å². The molecule has 3 aromatic rings. The summed E-state index contributed by atoms with van der Waals surface area (Å²) in [5.74, 6) is -0.410. The van der Waals surface area contributed by atoms with Gasteiger partial charge in [-0.2, -0.15) is 4.31 Å². The quantitative estimate of drug-likeness (QED) is 0.399. The zero-order valence-electron chi connectivity index (χ0n) is 19.5. The molecule has 0 N–H and O–H groups in total. The molecule has 0 radical (unpaired) electrons. The number of esters is 1. The van der Waals surface area contributed by atoms with Crippen molar-refractivity contribution in [3.05, 3.63) is 114 Å². The number of cyclic esters (lactones) is 1. The highest BCUT2D eigenvalue weighted by molar-refractivity contribution is 7.89. The molecule has 176 valence electrons. The van der Waals surface area contributed by atoms with Gasteiger partial charge in [0.05, 0.1) is 10.9 Å². The van der Waals surface area contributed by atoms with Gasteiger partial charge in [-0.3, -0.25) is 4.79 Å². The maximum absolute atomic E-state index is 13.8. The van der Waals surface area contributed by atoms with Crippen molar-refractivity contribution in [2.45, 2.75) is 36.6 Å². The van der Waals surface area contributed by atoms with E-state index in [1.54, 1.807) is 31.2 Å². The highest BCUT2D eigenvalue weighted by atomic mass is 32.2. The highest BCUT2D eigenvalue weighted by Gasteiger charge is 2.46. The van der Waals surface area contributed by atoms with Crippen LogP contribution in [-0.2, 0) is 25.0 Å². The van der Waals surface area contributed by atoms with Gasteiger partial charge < -0.3 is 4.74 Å². The largest absolute Gasteiger partial charge is 0.463 e. The van der Waals surface area contributed by atoms with Crippen molar-refractivity contribution in [3.63, 3.8) is 0 Å². The average Bonchev–Trinajstić information content (AvgIpc) is 2.89. The number of carbonyl (C=O) groups is 1. The summed E-state index contributed by atoms with van der Waals surface area (Å²) in [7, 11) is -3.82. The Morgan fingerprint density at radius 2 is 1.44 bits per heavy atom. The summed E-state index contributed by atoms with van der Waals surface area (Å²) in [5.41, 5.74) is 2.06. The molecule has 1 aliphatic heterocycles. The Bertz CT molecular complexity index is 1230. The fraction of sp³-hybridized carbons (Fsp3) is 0.250. The third-order valence-electron chi connectivity index (χ3n) is 6.35. The molecule has 0 aromatic heterocycles. The first kappa shape index (κ1) is 23.9. The number of sulfonamides is 1. The minimum atomic E-state index is -3.82. The van der Waals surface area contributed by atoms with E-state index in [1.807, 2.05) is 67.6 Å². The van der Waals surface area contributed by atoms with Crippen LogP contribution in [0, 0.1) is 6.92 Å². The Morgan fingerprint density at radius 3 is 1.97 bits per heavy atom. The second kappa shape index (κ2) is 9.57. The van der Waals surface area contributed by atoms with Gasteiger partial charge in [-0.1, -0.05) is 90.5 Å². The Hall–Kier alpha value is -3.22. The fourth-order valence-electron chi connectivity index (χ4n) is 4.50. The van der Waals surface area contributed by atoms with Gasteiger partial charge in [0.2, 0.25) is 10.0 Å². The van der Waals surface area contributed by atoms with Gasteiger partial charge in [0, 0.05) is 6.54 Å². The normalized spacial score (nSPS) is 19.5. The SMILES string of the molecule is C=C1CN(S(=O)(=O)c2ccc(C)cc2)C(C)COC(=O)C(c2ccccc2)(c2ccccc2)C1. The number of hydrogen-bond acceptors (Lipinski definition) is 4. The number of benzene rings is 3. The van der Waals surface area contributed by atoms with Crippen LogP contribution in [-0.4, -0.2) is 37.9 Å². The van der Waals surface area contributed by atoms with E-state index < -0.39 is 27.4 Å². The fourth-order valence-corrected chi connectivity index (χ4v) is 6.14. The molecular formula is C28H29NO4S. The second-order valence-corrected chi connectivity index (χ2v) is 10.8. The minimum Gasteiger partial charge on any atom is -0.463 e. The summed E-state index contributed by atoms with van der Waals surface area (Å²) in [6.45, 7) is 7.93. The topological polar surface area (TPSA) is 63.7 Å². The van der Waals surface area contributed by atoms with Gasteiger partial charge in [0.25, 0.3) is 0 Å². The van der Waals surface area contributed by atoms with Gasteiger partial charge in [0.1, 0.15) is 12.0 Å². The average molecular weight is 476 g/mol. The second-order valence-electron chi connectivity index (χ2n) is 8.87. The lowest BCUT2D eigenvalue weighted by Gasteiger charge is -2.33. The molecule has 0 bridgehead atoms. The van der Waals surface area contributed by atoms with Crippen LogP contribution in [0.4, 0.5) is 0 Å². The standard InChI is InChI=1S/C28H29NO4S/c1-21-14-16-26(17-15-21)34(31,32)29-19-22(2)18-28(24-10-6-4-7-11-24,25-12-8-5-9-13-25)27(30)33-20-23(29)3/h4-17,23H,2,18-20H2,1,3H3. The molecule has 1 heterocycles. The number of hydrogen-bond donors (Lipinski definition) is 0. The van der Waals surface area contributed by atoms with Crippen molar-refractivity contribution in [1.29, 1.82) is 0 Å². The van der Waals surface area contributed by atoms with Crippen molar-refractivity contribution >= 4 is 16.0 Å². The molecule has 3 aromatic carbocycles. The monoisotopic (exact) mass is 475 g/mol. The van der Waals surface area contributed by atoms with Crippen LogP contribution in [0.3, 0.4) is 0 Å². The van der Waals surface area contributed by atoms with Gasteiger partial charge in [-0.05, 0) is 43.5 Å². The molecule has 0 aliphatic carbocycles. The number of ether oxygens (including phenoxy) is 1. The molecule has 34 heavy (non-hydrogen) atoms. The molecule has 1 fully saturated rings. The molecule has 4 rings (SSSR count). The summed E-state index contributed by atoms with van der Waals surface area (Å²) >= 11 is 0. The van der Waals surface area contributed by atoms with Crippen LogP contribution in [0.15, 0.2) is 102 Å². The summed E-state index contributed by atoms with van der Waals surface area (Å²) < 4.78 is 34.3. The third-order valence-corrected chi connectivity index (χ3v) is 8.33. The third kappa shape index (κ3) is 4.43. The highest BCUT2D eigenvalue weighted by Crippen LogP contribution is 2.40. The van der Waals surface area contributed by atoms with Crippen molar-refractivity contribution in [1.82, 2.24) is 4.31 Å². The molecule has 0 amide bonds. The lowest BCUT2D eigenvalue weighted by Crippen LogP contribution is -2.42. The molecule has 0 saturated carbocycles. The van der Waals surface area contributed by atoms with Gasteiger partial charge in [-0.15, -0.1) is 0 Å². The van der Waals surface area contributed by atoms with Crippen molar-refractivity contribution in [3.8, 4) is 0 Å². The molecule has 1 atom stereocenters. The predicted molar refractivity (Wildman–Crippen MR) is 133 cm³/mol. The maximum atomic E-state index is 13.8. The van der Waals surface area contributed by atoms with E-state index in [0.717, 1.165) is 16.7 Å². The first-order chi connectivity index (χ1) is 16.2. The predicted octanol–water partition coefficient (Wildman–Crippen LogP) is 4.86. The number of rotatable bonds is 4. The molecule has 1 unspecified atom stereocenters. The lowest BCUT2D eigenvalue weighted by molar-refractivity contribution is -0.149. The van der Waals surface area contributed by atoms with Crippen LogP contribution >= 0.6 is 0 Å². The summed E-state index contributed by atoms with van der Waals surface area (Å²) in [5, 5.41) is 0. The maximum Gasteiger partial charge on any atom is 0.321 e. The molecule has 1 aliphatic rings. The Morgan fingerprint density at radius 1 is 0.912 bits per heavy atom. The summed E-state index contributed by atoms with van der Waals surface area (Å²) in [6, 6.07) is 25.2. The zero-order chi connectivity index (χ0) is 24.3. The smallest absolute Gasteiger partial charge is 0.321 e. The van der Waals surface area contributed by atoms with Crippen molar-refractivity contribution < 1.29 is 17.9 Å². The van der Waals surface area contributed by atoms with Gasteiger partial charge >= 0.3 is 5.97 Å². The van der Waals surface area contributed by atoms with Crippen LogP contribution in [0.2, 0.25) is 0 Å². The summed E-state index contributed by atoms with van der Waals surface area (Å²) in [4.78, 5) is 14.0. The number of aryl methyl sites for hydroxylation is 1. The van der Waals surface area contributed by atoms with E-state index >= 15 is 0 Å². The van der Waals surface area contributed by atoms with Crippen molar-refractivity contribution in [2.75, 3.05) is 13.2 Å². The van der Waals surface area contributed by atoms with E-state index in [1.165, 1.54) is 4.31 Å². The van der Waals surface area contributed by atoms with Gasteiger partial charge in [0.15, 0.2) is 0 Å². The van der Waals surface area contributed by atoms with Gasteiger partial charge in [-0.25, -0.2) is 8.42 Å². The Balaban J connectivity index is 1.79. The number of carbonyl (C=O) groups excluding carboxylic acids is 1. The van der Waals surface area contributed by atoms with E-state index in [9.17, 15) is 13.2 Å². The van der Waals surface area contributed by atoms with E-state index in [-0.39, 0.29) is 24.5 Å². The summed E-state index contributed by atoms with van der Waals surface area (Å²) in [6.07, 6.45) is 0.229. The lowest BCUT2D eigenvalue weighted by atomic mass is 9.70. The molecular weight excluding hydrogens is 446 g/mol. The van der Waals surface area contributed by atoms with E-state index in [4.69, 9.17) is 4.74 Å².